The zero-order chi connectivity index (χ0) is 15.8. The zero-order valence-corrected chi connectivity index (χ0v) is 13.2. The van der Waals surface area contributed by atoms with Gasteiger partial charge in [-0.1, -0.05) is 48.5 Å². The molecule has 1 saturated carbocycles. The highest BCUT2D eigenvalue weighted by atomic mass is 32.2. The number of nitrogens with two attached hydrogens (primary N) is 1. The maximum absolute atomic E-state index is 12.9. The van der Waals surface area contributed by atoms with Crippen LogP contribution in [0.15, 0.2) is 65.6 Å². The van der Waals surface area contributed by atoms with Crippen molar-refractivity contribution in [2.75, 3.05) is 13.7 Å². The Morgan fingerprint density at radius 2 is 1.59 bits per heavy atom. The summed E-state index contributed by atoms with van der Waals surface area (Å²) in [7, 11) is -1.96. The lowest BCUT2D eigenvalue weighted by atomic mass is 10.1. The van der Waals surface area contributed by atoms with Crippen LogP contribution in [0.4, 0.5) is 0 Å². The molecule has 3 atom stereocenters. The van der Waals surface area contributed by atoms with Gasteiger partial charge in [-0.2, -0.15) is 0 Å². The van der Waals surface area contributed by atoms with Gasteiger partial charge >= 0.3 is 0 Å². The van der Waals surface area contributed by atoms with E-state index in [9.17, 15) is 8.42 Å². The van der Waals surface area contributed by atoms with Crippen LogP contribution in [0.3, 0.4) is 0 Å². The van der Waals surface area contributed by atoms with Crippen LogP contribution in [-0.2, 0) is 14.6 Å². The summed E-state index contributed by atoms with van der Waals surface area (Å²) in [4.78, 5) is 0.310. The average molecular weight is 317 g/mol. The first-order valence-corrected chi connectivity index (χ1v) is 8.68. The summed E-state index contributed by atoms with van der Waals surface area (Å²) in [6.07, 6.45) is 0. The third kappa shape index (κ3) is 2.35. The number of benzene rings is 2. The van der Waals surface area contributed by atoms with Crippen molar-refractivity contribution in [3.63, 3.8) is 0 Å². The highest BCUT2D eigenvalue weighted by molar-refractivity contribution is 7.92. The van der Waals surface area contributed by atoms with Crippen molar-refractivity contribution in [3.05, 3.63) is 66.2 Å². The van der Waals surface area contributed by atoms with E-state index in [1.807, 2.05) is 30.3 Å². The second-order valence-corrected chi connectivity index (χ2v) is 7.78. The molecule has 116 valence electrons. The van der Waals surface area contributed by atoms with E-state index in [0.717, 1.165) is 5.56 Å². The molecule has 4 nitrogen and oxygen atoms in total. The van der Waals surface area contributed by atoms with Gasteiger partial charge in [-0.25, -0.2) is 8.42 Å². The van der Waals surface area contributed by atoms with Crippen LogP contribution in [0.2, 0.25) is 0 Å². The van der Waals surface area contributed by atoms with Gasteiger partial charge in [-0.05, 0) is 17.7 Å². The van der Waals surface area contributed by atoms with Gasteiger partial charge < -0.3 is 10.5 Å². The van der Waals surface area contributed by atoms with Gasteiger partial charge in [0.25, 0.3) is 0 Å². The van der Waals surface area contributed by atoms with Crippen LogP contribution in [0.1, 0.15) is 11.5 Å². The molecule has 2 N–H and O–H groups in total. The van der Waals surface area contributed by atoms with Gasteiger partial charge in [-0.3, -0.25) is 0 Å². The number of rotatable bonds is 5. The van der Waals surface area contributed by atoms with Crippen LogP contribution < -0.4 is 5.73 Å². The van der Waals surface area contributed by atoms with E-state index >= 15 is 0 Å². The molecule has 0 aliphatic heterocycles. The van der Waals surface area contributed by atoms with Crippen molar-refractivity contribution < 1.29 is 13.2 Å². The third-order valence-corrected chi connectivity index (χ3v) is 6.57. The fraction of sp³-hybridized carbons (Fsp3) is 0.294. The second kappa shape index (κ2) is 5.50. The monoisotopic (exact) mass is 317 g/mol. The molecule has 0 bridgehead atoms. The fourth-order valence-corrected chi connectivity index (χ4v) is 5.53. The minimum absolute atomic E-state index is 0.212. The summed E-state index contributed by atoms with van der Waals surface area (Å²) in [6, 6.07) is 18.0. The molecule has 1 aliphatic rings. The summed E-state index contributed by atoms with van der Waals surface area (Å²) in [5.74, 6) is -0.251. The van der Waals surface area contributed by atoms with Crippen molar-refractivity contribution in [2.45, 2.75) is 21.6 Å². The lowest BCUT2D eigenvalue weighted by Crippen LogP contribution is -2.35. The van der Waals surface area contributed by atoms with Crippen LogP contribution in [0, 0.1) is 0 Å². The molecular weight excluding hydrogens is 298 g/mol. The van der Waals surface area contributed by atoms with E-state index in [1.165, 1.54) is 0 Å². The zero-order valence-electron chi connectivity index (χ0n) is 12.3. The third-order valence-electron chi connectivity index (χ3n) is 4.26. The molecule has 0 amide bonds. The van der Waals surface area contributed by atoms with Gasteiger partial charge in [0.05, 0.1) is 22.3 Å². The van der Waals surface area contributed by atoms with Gasteiger partial charge in [0.15, 0.2) is 9.84 Å². The molecule has 5 heteroatoms. The second-order valence-electron chi connectivity index (χ2n) is 5.71. The Labute approximate surface area is 130 Å². The molecule has 1 fully saturated rings. The lowest BCUT2D eigenvalue weighted by Gasteiger charge is -2.11. The summed E-state index contributed by atoms with van der Waals surface area (Å²) in [5, 5.41) is -0.662. The molecule has 0 heterocycles. The minimum Gasteiger partial charge on any atom is -0.383 e. The molecule has 1 aliphatic carbocycles. The smallest absolute Gasteiger partial charge is 0.183 e. The number of hydrogen-bond donors (Lipinski definition) is 1. The van der Waals surface area contributed by atoms with Gasteiger partial charge in [0.1, 0.15) is 0 Å². The van der Waals surface area contributed by atoms with E-state index in [1.54, 1.807) is 37.4 Å². The van der Waals surface area contributed by atoms with Crippen molar-refractivity contribution in [3.8, 4) is 0 Å². The summed E-state index contributed by atoms with van der Waals surface area (Å²) >= 11 is 0. The Morgan fingerprint density at radius 3 is 2.14 bits per heavy atom. The summed E-state index contributed by atoms with van der Waals surface area (Å²) in [5.41, 5.74) is 6.45. The fourth-order valence-electron chi connectivity index (χ4n) is 3.22. The van der Waals surface area contributed by atoms with Gasteiger partial charge in [-0.15, -0.1) is 0 Å². The molecule has 0 aromatic heterocycles. The van der Waals surface area contributed by atoms with E-state index in [4.69, 9.17) is 10.5 Å². The highest BCUT2D eigenvalue weighted by Crippen LogP contribution is 2.55. The Morgan fingerprint density at radius 1 is 1.05 bits per heavy atom. The number of hydrogen-bond acceptors (Lipinski definition) is 4. The van der Waals surface area contributed by atoms with E-state index in [0.29, 0.717) is 4.90 Å². The van der Waals surface area contributed by atoms with Crippen molar-refractivity contribution in [2.24, 2.45) is 5.73 Å². The Bertz CT molecular complexity index is 746. The van der Waals surface area contributed by atoms with Gasteiger partial charge in [0, 0.05) is 13.0 Å². The predicted octanol–water partition coefficient (Wildman–Crippen LogP) is 1.97. The van der Waals surface area contributed by atoms with Crippen molar-refractivity contribution in [1.29, 1.82) is 0 Å². The average Bonchev–Trinajstić information content (AvgIpc) is 3.16. The van der Waals surface area contributed by atoms with Crippen molar-refractivity contribution >= 4 is 9.84 Å². The molecule has 22 heavy (non-hydrogen) atoms. The van der Waals surface area contributed by atoms with Crippen molar-refractivity contribution in [1.82, 2.24) is 0 Å². The molecule has 2 aromatic carbocycles. The Kier molecular flexibility index (Phi) is 3.80. The quantitative estimate of drug-likeness (QED) is 0.915. The minimum atomic E-state index is -3.50. The first-order valence-electron chi connectivity index (χ1n) is 7.13. The van der Waals surface area contributed by atoms with E-state index in [-0.39, 0.29) is 12.5 Å². The van der Waals surface area contributed by atoms with Crippen LogP contribution in [0.25, 0.3) is 0 Å². The first kappa shape index (κ1) is 15.2. The Hall–Kier alpha value is -1.69. The molecule has 0 unspecified atom stereocenters. The Balaban J connectivity index is 2.02. The maximum atomic E-state index is 12.9. The molecule has 0 saturated heterocycles. The molecule has 3 rings (SSSR count). The largest absolute Gasteiger partial charge is 0.383 e. The molecule has 2 aromatic rings. The standard InChI is InChI=1S/C17H19NO3S/c1-21-12-17(18)15(13-8-4-2-5-9-13)16(17)22(19,20)14-10-6-3-7-11-14/h2-11,15-16H,12,18H2,1H3/t15-,16-,17+/m0/s1. The highest BCUT2D eigenvalue weighted by Gasteiger charge is 2.69. The predicted molar refractivity (Wildman–Crippen MR) is 85.4 cm³/mol. The number of sulfone groups is 1. The van der Waals surface area contributed by atoms with Crippen LogP contribution in [-0.4, -0.2) is 32.9 Å². The number of methoxy groups -OCH3 is 1. The first-order chi connectivity index (χ1) is 10.5. The summed E-state index contributed by atoms with van der Waals surface area (Å²) < 4.78 is 31.1. The summed E-state index contributed by atoms with van der Waals surface area (Å²) in [6.45, 7) is 0.212. The molecule has 0 radical (unpaired) electrons. The topological polar surface area (TPSA) is 69.4 Å². The van der Waals surface area contributed by atoms with E-state index < -0.39 is 20.6 Å². The molecular formula is C17H19NO3S. The lowest BCUT2D eigenvalue weighted by molar-refractivity contribution is 0.171. The normalized spacial score (nSPS) is 27.5. The van der Waals surface area contributed by atoms with Crippen LogP contribution >= 0.6 is 0 Å². The number of ether oxygens (including phenoxy) is 1. The molecule has 0 spiro atoms. The van der Waals surface area contributed by atoms with Crippen LogP contribution in [0.5, 0.6) is 0 Å². The van der Waals surface area contributed by atoms with E-state index in [2.05, 4.69) is 0 Å². The van der Waals surface area contributed by atoms with Gasteiger partial charge in [0.2, 0.25) is 0 Å². The SMILES string of the molecule is COC[C@@]1(N)[C@@H](c2ccccc2)[C@@H]1S(=O)(=O)c1ccccc1. The maximum Gasteiger partial charge on any atom is 0.183 e.